The minimum atomic E-state index is -0.260. The molecular formula is C20H28N4O2. The molecule has 6 heteroatoms. The highest BCUT2D eigenvalue weighted by Gasteiger charge is 2.29. The third kappa shape index (κ3) is 3.41. The third-order valence-corrected chi connectivity index (χ3v) is 4.95. The van der Waals surface area contributed by atoms with Crippen LogP contribution in [0.2, 0.25) is 0 Å². The largest absolute Gasteiger partial charge is 0.347 e. The molecule has 2 heterocycles. The monoisotopic (exact) mass is 356 g/mol. The number of nitrogens with one attached hydrogen (secondary N) is 1. The van der Waals surface area contributed by atoms with Crippen LogP contribution < -0.4 is 5.32 Å². The van der Waals surface area contributed by atoms with Gasteiger partial charge in [0.25, 0.3) is 5.91 Å². The maximum Gasteiger partial charge on any atom is 0.317 e. The number of urea groups is 1. The van der Waals surface area contributed by atoms with Gasteiger partial charge in [-0.25, -0.2) is 4.79 Å². The summed E-state index contributed by atoms with van der Waals surface area (Å²) in [6, 6.07) is 7.93. The summed E-state index contributed by atoms with van der Waals surface area (Å²) >= 11 is 0. The lowest BCUT2D eigenvalue weighted by Crippen LogP contribution is -2.56. The van der Waals surface area contributed by atoms with Gasteiger partial charge in [0, 0.05) is 55.4 Å². The lowest BCUT2D eigenvalue weighted by Gasteiger charge is -2.36. The number of aromatic nitrogens is 1. The molecule has 0 unspecified atom stereocenters. The van der Waals surface area contributed by atoms with Gasteiger partial charge >= 0.3 is 6.03 Å². The van der Waals surface area contributed by atoms with E-state index in [0.29, 0.717) is 26.2 Å². The number of carbonyl (C=O) groups is 2. The molecule has 140 valence electrons. The Balaban J connectivity index is 1.74. The fraction of sp³-hybridized carbons (Fsp3) is 0.500. The molecule has 1 fully saturated rings. The Bertz CT molecular complexity index is 839. The van der Waals surface area contributed by atoms with Gasteiger partial charge in [0.1, 0.15) is 0 Å². The Morgan fingerprint density at radius 2 is 1.58 bits per heavy atom. The number of carbonyl (C=O) groups excluding carboxylic acids is 2. The molecule has 1 aliphatic rings. The Kier molecular flexibility index (Phi) is 4.69. The van der Waals surface area contributed by atoms with Crippen LogP contribution in [0.3, 0.4) is 0 Å². The average molecular weight is 356 g/mol. The molecule has 1 aromatic heterocycles. The SMILES string of the molecule is Cc1c(C(=O)N2CCN(C(=O)NC(C)(C)C)CC2)c2ccccc2n1C. The number of benzene rings is 1. The van der Waals surface area contributed by atoms with Gasteiger partial charge < -0.3 is 19.7 Å². The van der Waals surface area contributed by atoms with Gasteiger partial charge in [-0.2, -0.15) is 0 Å². The van der Waals surface area contributed by atoms with Crippen molar-refractivity contribution in [3.05, 3.63) is 35.5 Å². The highest BCUT2D eigenvalue weighted by atomic mass is 16.2. The first-order valence-electron chi connectivity index (χ1n) is 9.09. The number of aryl methyl sites for hydroxylation is 1. The van der Waals surface area contributed by atoms with E-state index in [1.165, 1.54) is 0 Å². The van der Waals surface area contributed by atoms with Gasteiger partial charge in [-0.3, -0.25) is 4.79 Å². The highest BCUT2D eigenvalue weighted by molar-refractivity contribution is 6.08. The zero-order chi connectivity index (χ0) is 19.1. The minimum absolute atomic E-state index is 0.0511. The summed E-state index contributed by atoms with van der Waals surface area (Å²) in [6.45, 7) is 10.1. The lowest BCUT2D eigenvalue weighted by atomic mass is 10.1. The van der Waals surface area contributed by atoms with Gasteiger partial charge in [-0.05, 0) is 33.8 Å². The standard InChI is InChI=1S/C20H28N4O2/c1-14-17(15-8-6-7-9-16(15)22(14)5)18(25)23-10-12-24(13-11-23)19(26)21-20(2,3)4/h6-9H,10-13H2,1-5H3,(H,21,26). The van der Waals surface area contributed by atoms with Crippen LogP contribution in [-0.2, 0) is 7.05 Å². The van der Waals surface area contributed by atoms with Crippen LogP contribution in [0, 0.1) is 6.92 Å². The van der Waals surface area contributed by atoms with Gasteiger partial charge in [-0.1, -0.05) is 18.2 Å². The van der Waals surface area contributed by atoms with Crippen molar-refractivity contribution in [1.82, 2.24) is 19.7 Å². The molecule has 0 spiro atoms. The van der Waals surface area contributed by atoms with Gasteiger partial charge in [-0.15, -0.1) is 0 Å². The molecule has 1 aliphatic heterocycles. The molecule has 6 nitrogen and oxygen atoms in total. The molecule has 1 saturated heterocycles. The zero-order valence-corrected chi connectivity index (χ0v) is 16.3. The molecule has 3 amide bonds. The predicted octanol–water partition coefficient (Wildman–Crippen LogP) is 2.75. The summed E-state index contributed by atoms with van der Waals surface area (Å²) in [5.41, 5.74) is 2.56. The van der Waals surface area contributed by atoms with E-state index >= 15 is 0 Å². The van der Waals surface area contributed by atoms with E-state index in [1.807, 2.05) is 63.9 Å². The predicted molar refractivity (Wildman–Crippen MR) is 103 cm³/mol. The maximum atomic E-state index is 13.1. The van der Waals surface area contributed by atoms with E-state index in [0.717, 1.165) is 22.2 Å². The first kappa shape index (κ1) is 18.3. The van der Waals surface area contributed by atoms with E-state index in [1.54, 1.807) is 4.90 Å². The van der Waals surface area contributed by atoms with Gasteiger partial charge in [0.05, 0.1) is 5.56 Å². The Labute approximate surface area is 154 Å². The normalized spacial score (nSPS) is 15.4. The van der Waals surface area contributed by atoms with Crippen LogP contribution in [0.25, 0.3) is 10.9 Å². The topological polar surface area (TPSA) is 57.6 Å². The Hall–Kier alpha value is -2.50. The molecule has 26 heavy (non-hydrogen) atoms. The highest BCUT2D eigenvalue weighted by Crippen LogP contribution is 2.26. The van der Waals surface area contributed by atoms with Crippen molar-refractivity contribution < 1.29 is 9.59 Å². The van der Waals surface area contributed by atoms with Crippen molar-refractivity contribution in [1.29, 1.82) is 0 Å². The van der Waals surface area contributed by atoms with Crippen LogP contribution in [0.4, 0.5) is 4.79 Å². The first-order chi connectivity index (χ1) is 12.2. The fourth-order valence-corrected chi connectivity index (χ4v) is 3.46. The Morgan fingerprint density at radius 1 is 1.00 bits per heavy atom. The summed E-state index contributed by atoms with van der Waals surface area (Å²) in [5.74, 6) is 0.0511. The summed E-state index contributed by atoms with van der Waals surface area (Å²) in [7, 11) is 1.99. The molecule has 2 aromatic rings. The molecular weight excluding hydrogens is 328 g/mol. The average Bonchev–Trinajstić information content (AvgIpc) is 2.84. The molecule has 0 saturated carbocycles. The van der Waals surface area contributed by atoms with Crippen LogP contribution in [0.15, 0.2) is 24.3 Å². The number of hydrogen-bond acceptors (Lipinski definition) is 2. The van der Waals surface area contributed by atoms with Crippen molar-refractivity contribution in [2.45, 2.75) is 33.2 Å². The molecule has 3 rings (SSSR count). The van der Waals surface area contributed by atoms with E-state index in [2.05, 4.69) is 9.88 Å². The van der Waals surface area contributed by atoms with Gasteiger partial charge in [0.15, 0.2) is 0 Å². The number of para-hydroxylation sites is 1. The van der Waals surface area contributed by atoms with Gasteiger partial charge in [0.2, 0.25) is 0 Å². The second kappa shape index (κ2) is 6.67. The molecule has 1 aromatic carbocycles. The Morgan fingerprint density at radius 3 is 2.19 bits per heavy atom. The number of nitrogens with zero attached hydrogens (tertiary/aromatic N) is 3. The lowest BCUT2D eigenvalue weighted by molar-refractivity contribution is 0.0662. The van der Waals surface area contributed by atoms with Crippen LogP contribution >= 0.6 is 0 Å². The summed E-state index contributed by atoms with van der Waals surface area (Å²) in [6.07, 6.45) is 0. The number of fused-ring (bicyclic) bond motifs is 1. The number of amides is 3. The first-order valence-corrected chi connectivity index (χ1v) is 9.09. The smallest absolute Gasteiger partial charge is 0.317 e. The van der Waals surface area contributed by atoms with E-state index in [4.69, 9.17) is 0 Å². The van der Waals surface area contributed by atoms with Crippen LogP contribution in [-0.4, -0.2) is 58.0 Å². The number of rotatable bonds is 1. The van der Waals surface area contributed by atoms with Crippen molar-refractivity contribution in [2.24, 2.45) is 7.05 Å². The number of piperazine rings is 1. The summed E-state index contributed by atoms with van der Waals surface area (Å²) in [5, 5.41) is 3.97. The van der Waals surface area contributed by atoms with Crippen LogP contribution in [0.1, 0.15) is 36.8 Å². The fourth-order valence-electron chi connectivity index (χ4n) is 3.46. The van der Waals surface area contributed by atoms with Crippen molar-refractivity contribution in [3.8, 4) is 0 Å². The third-order valence-electron chi connectivity index (χ3n) is 4.95. The maximum absolute atomic E-state index is 13.1. The second-order valence-electron chi connectivity index (χ2n) is 8.00. The van der Waals surface area contributed by atoms with Crippen molar-refractivity contribution in [2.75, 3.05) is 26.2 Å². The second-order valence-corrected chi connectivity index (χ2v) is 8.00. The van der Waals surface area contributed by atoms with E-state index < -0.39 is 0 Å². The molecule has 0 atom stereocenters. The number of hydrogen-bond donors (Lipinski definition) is 1. The van der Waals surface area contributed by atoms with Crippen LogP contribution in [0.5, 0.6) is 0 Å². The molecule has 0 bridgehead atoms. The van der Waals surface area contributed by atoms with Crippen molar-refractivity contribution >= 4 is 22.8 Å². The molecule has 0 aliphatic carbocycles. The quantitative estimate of drug-likeness (QED) is 0.854. The molecule has 1 N–H and O–H groups in total. The minimum Gasteiger partial charge on any atom is -0.347 e. The summed E-state index contributed by atoms with van der Waals surface area (Å²) in [4.78, 5) is 29.1. The van der Waals surface area contributed by atoms with E-state index in [-0.39, 0.29) is 17.5 Å². The van der Waals surface area contributed by atoms with Crippen molar-refractivity contribution in [3.63, 3.8) is 0 Å². The zero-order valence-electron chi connectivity index (χ0n) is 16.3. The van der Waals surface area contributed by atoms with E-state index in [9.17, 15) is 9.59 Å². The summed E-state index contributed by atoms with van der Waals surface area (Å²) < 4.78 is 2.07. The molecule has 0 radical (unpaired) electrons.